The maximum Gasteiger partial charge on any atom is 0.251 e. The zero-order valence-corrected chi connectivity index (χ0v) is 13.3. The summed E-state index contributed by atoms with van der Waals surface area (Å²) >= 11 is 0. The van der Waals surface area contributed by atoms with E-state index in [-0.39, 0.29) is 18.4 Å². The highest BCUT2D eigenvalue weighted by molar-refractivity contribution is 7.88. The largest absolute Gasteiger partial charge is 0.384 e. The Bertz CT molecular complexity index is 599. The van der Waals surface area contributed by atoms with Gasteiger partial charge < -0.3 is 11.1 Å². The van der Waals surface area contributed by atoms with Crippen LogP contribution in [-0.4, -0.2) is 38.7 Å². The number of carbonyl (C=O) groups excluding carboxylic acids is 1. The summed E-state index contributed by atoms with van der Waals surface area (Å²) in [5, 5.41) is 2.72. The van der Waals surface area contributed by atoms with Crippen LogP contribution in [0.15, 0.2) is 12.1 Å². The van der Waals surface area contributed by atoms with Crippen molar-refractivity contribution in [2.24, 2.45) is 0 Å². The van der Waals surface area contributed by atoms with Crippen LogP contribution in [0.25, 0.3) is 0 Å². The lowest BCUT2D eigenvalue weighted by molar-refractivity contribution is 0.0953. The Hall–Kier alpha value is -1.67. The van der Waals surface area contributed by atoms with E-state index >= 15 is 0 Å². The Morgan fingerprint density at radius 2 is 2.00 bits per heavy atom. The number of aromatic nitrogens is 1. The molecule has 7 nitrogen and oxygen atoms in total. The van der Waals surface area contributed by atoms with Crippen LogP contribution >= 0.6 is 0 Å². The Labute approximate surface area is 125 Å². The van der Waals surface area contributed by atoms with Crippen LogP contribution in [0.1, 0.15) is 42.2 Å². The molecule has 0 saturated carbocycles. The summed E-state index contributed by atoms with van der Waals surface area (Å²) in [5.41, 5.74) is 6.91. The van der Waals surface area contributed by atoms with E-state index in [1.165, 1.54) is 6.07 Å². The van der Waals surface area contributed by atoms with Gasteiger partial charge in [-0.15, -0.1) is 0 Å². The molecule has 1 rings (SSSR count). The van der Waals surface area contributed by atoms with Gasteiger partial charge in [0.15, 0.2) is 0 Å². The van der Waals surface area contributed by atoms with Gasteiger partial charge in [0.2, 0.25) is 10.0 Å². The number of sulfonamides is 1. The number of amides is 1. The van der Waals surface area contributed by atoms with Gasteiger partial charge in [0.25, 0.3) is 5.91 Å². The minimum atomic E-state index is -3.19. The molecule has 0 bridgehead atoms. The van der Waals surface area contributed by atoms with Crippen LogP contribution in [0, 0.1) is 0 Å². The number of pyridine rings is 1. The number of rotatable bonds is 7. The highest BCUT2D eigenvalue weighted by Gasteiger charge is 2.10. The molecule has 1 aromatic heterocycles. The highest BCUT2D eigenvalue weighted by atomic mass is 32.2. The van der Waals surface area contributed by atoms with Crippen molar-refractivity contribution in [3.8, 4) is 0 Å². The third-order valence-electron chi connectivity index (χ3n) is 2.72. The SMILES string of the molecule is CC(C)c1cc(C(=O)NCCCNS(C)(=O)=O)cc(N)n1. The van der Waals surface area contributed by atoms with E-state index in [0.29, 0.717) is 24.3 Å². The third kappa shape index (κ3) is 6.54. The topological polar surface area (TPSA) is 114 Å². The number of nitrogens with one attached hydrogen (secondary N) is 2. The fourth-order valence-corrected chi connectivity index (χ4v) is 2.17. The normalized spacial score (nSPS) is 11.6. The smallest absolute Gasteiger partial charge is 0.251 e. The lowest BCUT2D eigenvalue weighted by Crippen LogP contribution is -2.29. The first-order chi connectivity index (χ1) is 9.69. The number of hydrogen-bond acceptors (Lipinski definition) is 5. The fourth-order valence-electron chi connectivity index (χ4n) is 1.65. The summed E-state index contributed by atoms with van der Waals surface area (Å²) in [6, 6.07) is 3.24. The Balaban J connectivity index is 2.52. The number of nitrogens with two attached hydrogens (primary N) is 1. The maximum atomic E-state index is 12.0. The Morgan fingerprint density at radius 1 is 1.33 bits per heavy atom. The Kier molecular flexibility index (Phi) is 6.10. The number of hydrogen-bond donors (Lipinski definition) is 3. The third-order valence-corrected chi connectivity index (χ3v) is 3.45. The van der Waals surface area contributed by atoms with Gasteiger partial charge in [-0.3, -0.25) is 4.79 Å². The first-order valence-corrected chi connectivity index (χ1v) is 8.58. The number of carbonyl (C=O) groups is 1. The van der Waals surface area contributed by atoms with Crippen LogP contribution in [0.2, 0.25) is 0 Å². The van der Waals surface area contributed by atoms with Crippen LogP contribution in [0.5, 0.6) is 0 Å². The molecule has 0 aromatic carbocycles. The van der Waals surface area contributed by atoms with Crippen molar-refractivity contribution in [1.29, 1.82) is 0 Å². The molecule has 0 radical (unpaired) electrons. The lowest BCUT2D eigenvalue weighted by atomic mass is 10.1. The molecule has 8 heteroatoms. The lowest BCUT2D eigenvalue weighted by Gasteiger charge is -2.10. The summed E-state index contributed by atoms with van der Waals surface area (Å²) in [5.74, 6) is 0.245. The molecule has 1 heterocycles. The molecular formula is C13H22N4O3S. The summed E-state index contributed by atoms with van der Waals surface area (Å²) in [6.45, 7) is 4.61. The molecule has 4 N–H and O–H groups in total. The van der Waals surface area contributed by atoms with Crippen LogP contribution < -0.4 is 15.8 Å². The average molecular weight is 314 g/mol. The minimum Gasteiger partial charge on any atom is -0.384 e. The van der Waals surface area contributed by atoms with Crippen molar-refractivity contribution in [3.63, 3.8) is 0 Å². The second-order valence-corrected chi connectivity index (χ2v) is 6.97. The second kappa shape index (κ2) is 7.37. The van der Waals surface area contributed by atoms with Crippen molar-refractivity contribution in [1.82, 2.24) is 15.0 Å². The molecule has 0 saturated heterocycles. The summed E-state index contributed by atoms with van der Waals surface area (Å²) in [7, 11) is -3.19. The molecule has 0 aliphatic carbocycles. The molecule has 0 atom stereocenters. The van der Waals surface area contributed by atoms with E-state index < -0.39 is 10.0 Å². The summed E-state index contributed by atoms with van der Waals surface area (Å²) in [4.78, 5) is 16.2. The van der Waals surface area contributed by atoms with Gasteiger partial charge in [-0.05, 0) is 24.5 Å². The van der Waals surface area contributed by atoms with Crippen LogP contribution in [-0.2, 0) is 10.0 Å². The van der Waals surface area contributed by atoms with Gasteiger partial charge in [-0.25, -0.2) is 18.1 Å². The first-order valence-electron chi connectivity index (χ1n) is 6.69. The van der Waals surface area contributed by atoms with E-state index in [2.05, 4.69) is 15.0 Å². The van der Waals surface area contributed by atoms with Crippen molar-refractivity contribution < 1.29 is 13.2 Å². The predicted molar refractivity (Wildman–Crippen MR) is 82.5 cm³/mol. The van der Waals surface area contributed by atoms with Gasteiger partial charge in [-0.2, -0.15) is 0 Å². The molecule has 1 aromatic rings. The van der Waals surface area contributed by atoms with E-state index in [1.807, 2.05) is 13.8 Å². The predicted octanol–water partition coefficient (Wildman–Crippen LogP) is 0.456. The molecule has 1 amide bonds. The van der Waals surface area contributed by atoms with E-state index in [1.54, 1.807) is 6.07 Å². The fraction of sp³-hybridized carbons (Fsp3) is 0.538. The standard InChI is InChI=1S/C13H22N4O3S/c1-9(2)11-7-10(8-12(14)17-11)13(18)15-5-4-6-16-21(3,19)20/h7-9,16H,4-6H2,1-3H3,(H2,14,17)(H,15,18). The molecule has 118 valence electrons. The van der Waals surface area contributed by atoms with Crippen molar-refractivity contribution >= 4 is 21.7 Å². The minimum absolute atomic E-state index is 0.180. The molecule has 21 heavy (non-hydrogen) atoms. The van der Waals surface area contributed by atoms with E-state index in [9.17, 15) is 13.2 Å². The van der Waals surface area contributed by atoms with Gasteiger partial charge in [0.1, 0.15) is 5.82 Å². The monoisotopic (exact) mass is 314 g/mol. The first kappa shape index (κ1) is 17.4. The zero-order chi connectivity index (χ0) is 16.0. The van der Waals surface area contributed by atoms with Gasteiger partial charge in [0, 0.05) is 24.3 Å². The Morgan fingerprint density at radius 3 is 2.57 bits per heavy atom. The summed E-state index contributed by atoms with van der Waals surface area (Å²) < 4.78 is 24.1. The molecule has 0 spiro atoms. The number of nitrogen functional groups attached to an aromatic ring is 1. The number of anilines is 1. The molecule has 0 aliphatic heterocycles. The van der Waals surface area contributed by atoms with Crippen LogP contribution in [0.3, 0.4) is 0 Å². The van der Waals surface area contributed by atoms with Crippen molar-refractivity contribution in [2.75, 3.05) is 25.1 Å². The van der Waals surface area contributed by atoms with Gasteiger partial charge in [0.05, 0.1) is 6.26 Å². The van der Waals surface area contributed by atoms with Crippen molar-refractivity contribution in [3.05, 3.63) is 23.4 Å². The van der Waals surface area contributed by atoms with Gasteiger partial charge in [-0.1, -0.05) is 13.8 Å². The molecule has 0 fully saturated rings. The average Bonchev–Trinajstić information content (AvgIpc) is 2.35. The quantitative estimate of drug-likeness (QED) is 0.632. The van der Waals surface area contributed by atoms with E-state index in [0.717, 1.165) is 11.9 Å². The summed E-state index contributed by atoms with van der Waals surface area (Å²) in [6.07, 6.45) is 1.61. The van der Waals surface area contributed by atoms with Gasteiger partial charge >= 0.3 is 0 Å². The second-order valence-electron chi connectivity index (χ2n) is 5.14. The molecule has 0 unspecified atom stereocenters. The molecular weight excluding hydrogens is 292 g/mol. The number of nitrogens with zero attached hydrogens (tertiary/aromatic N) is 1. The van der Waals surface area contributed by atoms with E-state index in [4.69, 9.17) is 5.73 Å². The highest BCUT2D eigenvalue weighted by Crippen LogP contribution is 2.15. The maximum absolute atomic E-state index is 12.0. The molecule has 0 aliphatic rings. The van der Waals surface area contributed by atoms with Crippen LogP contribution in [0.4, 0.5) is 5.82 Å². The van der Waals surface area contributed by atoms with Crippen molar-refractivity contribution in [2.45, 2.75) is 26.2 Å². The zero-order valence-electron chi connectivity index (χ0n) is 12.5.